The second-order valence-corrected chi connectivity index (χ2v) is 5.15. The van der Waals surface area contributed by atoms with Gasteiger partial charge in [0, 0.05) is 31.6 Å². The highest BCUT2D eigenvalue weighted by Gasteiger charge is 2.26. The molecule has 4 heteroatoms. The molecular formula is C11H21ClN2O. The molecule has 2 saturated heterocycles. The zero-order valence-corrected chi connectivity index (χ0v) is 10.2. The summed E-state index contributed by atoms with van der Waals surface area (Å²) in [4.78, 5) is 4.89. The van der Waals surface area contributed by atoms with Crippen molar-refractivity contribution in [3.05, 3.63) is 0 Å². The van der Waals surface area contributed by atoms with Crippen LogP contribution in [0.4, 0.5) is 0 Å². The molecule has 88 valence electrons. The van der Waals surface area contributed by atoms with E-state index in [0.29, 0.717) is 11.5 Å². The van der Waals surface area contributed by atoms with Crippen molar-refractivity contribution >= 4 is 11.6 Å². The first kappa shape index (κ1) is 11.6. The van der Waals surface area contributed by atoms with Crippen LogP contribution < -0.4 is 0 Å². The van der Waals surface area contributed by atoms with Crippen molar-refractivity contribution in [2.75, 3.05) is 45.9 Å². The quantitative estimate of drug-likeness (QED) is 0.676. The molecule has 3 nitrogen and oxygen atoms in total. The molecule has 0 bridgehead atoms. The topological polar surface area (TPSA) is 15.7 Å². The van der Waals surface area contributed by atoms with Gasteiger partial charge in [0.25, 0.3) is 0 Å². The van der Waals surface area contributed by atoms with Crippen LogP contribution in [0.1, 0.15) is 13.3 Å². The minimum Gasteiger partial charge on any atom is -0.374 e. The van der Waals surface area contributed by atoms with E-state index < -0.39 is 0 Å². The Hall–Kier alpha value is 0.170. The van der Waals surface area contributed by atoms with Crippen LogP contribution in [0.2, 0.25) is 0 Å². The van der Waals surface area contributed by atoms with Crippen LogP contribution in [0.15, 0.2) is 0 Å². The van der Waals surface area contributed by atoms with E-state index in [9.17, 15) is 0 Å². The van der Waals surface area contributed by atoms with Gasteiger partial charge in [-0.25, -0.2) is 0 Å². The van der Waals surface area contributed by atoms with E-state index in [0.717, 1.165) is 52.3 Å². The maximum absolute atomic E-state index is 6.09. The molecule has 0 aliphatic carbocycles. The van der Waals surface area contributed by atoms with Crippen molar-refractivity contribution in [2.45, 2.75) is 24.8 Å². The van der Waals surface area contributed by atoms with Crippen LogP contribution in [0.25, 0.3) is 0 Å². The zero-order chi connectivity index (χ0) is 10.7. The van der Waals surface area contributed by atoms with Gasteiger partial charge in [0.05, 0.1) is 12.7 Å². The van der Waals surface area contributed by atoms with Gasteiger partial charge >= 0.3 is 0 Å². The predicted octanol–water partition coefficient (Wildman–Crippen LogP) is 1.02. The number of halogens is 1. The number of likely N-dealkylation sites (tertiary alicyclic amines) is 1. The molecule has 15 heavy (non-hydrogen) atoms. The summed E-state index contributed by atoms with van der Waals surface area (Å²) < 4.78 is 5.78. The third-order valence-electron chi connectivity index (χ3n) is 3.35. The van der Waals surface area contributed by atoms with Crippen LogP contribution >= 0.6 is 11.6 Å². The number of morpholine rings is 1. The fraction of sp³-hybridized carbons (Fsp3) is 1.00. The van der Waals surface area contributed by atoms with Gasteiger partial charge in [-0.3, -0.25) is 9.80 Å². The molecule has 2 rings (SSSR count). The molecule has 0 aromatic rings. The van der Waals surface area contributed by atoms with Crippen molar-refractivity contribution in [3.63, 3.8) is 0 Å². The van der Waals surface area contributed by atoms with Crippen molar-refractivity contribution < 1.29 is 4.74 Å². The third kappa shape index (κ3) is 3.31. The summed E-state index contributed by atoms with van der Waals surface area (Å²) in [6.45, 7) is 9.64. The molecule has 0 saturated carbocycles. The van der Waals surface area contributed by atoms with Gasteiger partial charge in [0.2, 0.25) is 0 Å². The van der Waals surface area contributed by atoms with Crippen molar-refractivity contribution in [1.82, 2.24) is 9.80 Å². The van der Waals surface area contributed by atoms with Crippen molar-refractivity contribution in [2.24, 2.45) is 0 Å². The van der Waals surface area contributed by atoms with E-state index in [1.807, 2.05) is 0 Å². The molecule has 2 aliphatic heterocycles. The summed E-state index contributed by atoms with van der Waals surface area (Å²) in [6, 6.07) is 0. The van der Waals surface area contributed by atoms with Crippen LogP contribution in [0, 0.1) is 0 Å². The lowest BCUT2D eigenvalue weighted by molar-refractivity contribution is -0.0391. The second kappa shape index (κ2) is 5.48. The Morgan fingerprint density at radius 1 is 1.27 bits per heavy atom. The van der Waals surface area contributed by atoms with Crippen LogP contribution in [-0.2, 0) is 4.74 Å². The Labute approximate surface area is 97.3 Å². The van der Waals surface area contributed by atoms with E-state index in [1.54, 1.807) is 0 Å². The zero-order valence-electron chi connectivity index (χ0n) is 9.49. The smallest absolute Gasteiger partial charge is 0.0829 e. The van der Waals surface area contributed by atoms with Gasteiger partial charge in [-0.05, 0) is 19.5 Å². The Morgan fingerprint density at radius 2 is 2.13 bits per heavy atom. The molecule has 2 aliphatic rings. The number of alkyl halides is 1. The van der Waals surface area contributed by atoms with E-state index in [1.165, 1.54) is 0 Å². The number of likely N-dealkylation sites (N-methyl/N-ethyl adjacent to an activating group) is 1. The highest BCUT2D eigenvalue weighted by molar-refractivity contribution is 6.20. The molecule has 2 atom stereocenters. The maximum Gasteiger partial charge on any atom is 0.0829 e. The number of nitrogens with zero attached hydrogens (tertiary/aromatic N) is 2. The molecule has 0 spiro atoms. The van der Waals surface area contributed by atoms with Crippen molar-refractivity contribution in [3.8, 4) is 0 Å². The first-order chi connectivity index (χ1) is 7.28. The predicted molar refractivity (Wildman–Crippen MR) is 62.6 cm³/mol. The van der Waals surface area contributed by atoms with Gasteiger partial charge in [-0.15, -0.1) is 11.6 Å². The molecule has 0 N–H and O–H groups in total. The maximum atomic E-state index is 6.09. The SMILES string of the molecule is CCN1CCOC(CN2CCC(Cl)C2)C1. The largest absolute Gasteiger partial charge is 0.374 e. The minimum absolute atomic E-state index is 0.357. The number of ether oxygens (including phenoxy) is 1. The van der Waals surface area contributed by atoms with E-state index in [-0.39, 0.29) is 0 Å². The third-order valence-corrected chi connectivity index (χ3v) is 3.70. The Bertz CT molecular complexity index is 203. The lowest BCUT2D eigenvalue weighted by Crippen LogP contribution is -2.47. The van der Waals surface area contributed by atoms with Crippen molar-refractivity contribution in [1.29, 1.82) is 0 Å². The molecule has 0 aromatic carbocycles. The minimum atomic E-state index is 0.357. The van der Waals surface area contributed by atoms with Gasteiger partial charge in [-0.2, -0.15) is 0 Å². The fourth-order valence-corrected chi connectivity index (χ4v) is 2.71. The Balaban J connectivity index is 1.74. The molecule has 0 amide bonds. The molecule has 0 radical (unpaired) electrons. The summed E-state index contributed by atoms with van der Waals surface area (Å²) >= 11 is 6.09. The Kier molecular flexibility index (Phi) is 4.26. The molecule has 0 aromatic heterocycles. The Morgan fingerprint density at radius 3 is 2.80 bits per heavy atom. The summed E-state index contributed by atoms with van der Waals surface area (Å²) in [5.74, 6) is 0. The summed E-state index contributed by atoms with van der Waals surface area (Å²) in [6.07, 6.45) is 1.52. The summed E-state index contributed by atoms with van der Waals surface area (Å²) in [5, 5.41) is 0.357. The van der Waals surface area contributed by atoms with E-state index in [2.05, 4.69) is 16.7 Å². The molecule has 2 unspecified atom stereocenters. The van der Waals surface area contributed by atoms with E-state index in [4.69, 9.17) is 16.3 Å². The molecular weight excluding hydrogens is 212 g/mol. The highest BCUT2D eigenvalue weighted by atomic mass is 35.5. The first-order valence-corrected chi connectivity index (χ1v) is 6.42. The van der Waals surface area contributed by atoms with Gasteiger partial charge in [0.15, 0.2) is 0 Å². The number of rotatable bonds is 3. The molecule has 2 heterocycles. The first-order valence-electron chi connectivity index (χ1n) is 5.98. The van der Waals surface area contributed by atoms with Crippen LogP contribution in [0.3, 0.4) is 0 Å². The van der Waals surface area contributed by atoms with Gasteiger partial charge < -0.3 is 4.74 Å². The monoisotopic (exact) mass is 232 g/mol. The van der Waals surface area contributed by atoms with Gasteiger partial charge in [0.1, 0.15) is 0 Å². The fourth-order valence-electron chi connectivity index (χ4n) is 2.42. The lowest BCUT2D eigenvalue weighted by Gasteiger charge is -2.34. The normalized spacial score (nSPS) is 34.8. The number of hydrogen-bond donors (Lipinski definition) is 0. The average molecular weight is 233 g/mol. The number of hydrogen-bond acceptors (Lipinski definition) is 3. The second-order valence-electron chi connectivity index (χ2n) is 4.53. The van der Waals surface area contributed by atoms with Gasteiger partial charge in [-0.1, -0.05) is 6.92 Å². The summed E-state index contributed by atoms with van der Waals surface area (Å²) in [7, 11) is 0. The van der Waals surface area contributed by atoms with Crippen LogP contribution in [0.5, 0.6) is 0 Å². The standard InChI is InChI=1S/C11H21ClN2O/c1-2-13-5-6-15-11(8-13)9-14-4-3-10(12)7-14/h10-11H,2-9H2,1H3. The summed E-state index contributed by atoms with van der Waals surface area (Å²) in [5.41, 5.74) is 0. The average Bonchev–Trinajstić information content (AvgIpc) is 2.64. The highest BCUT2D eigenvalue weighted by Crippen LogP contribution is 2.16. The van der Waals surface area contributed by atoms with Crippen LogP contribution in [-0.4, -0.2) is 67.2 Å². The lowest BCUT2D eigenvalue weighted by atomic mass is 10.2. The molecule has 2 fully saturated rings. The van der Waals surface area contributed by atoms with E-state index >= 15 is 0 Å².